The van der Waals surface area contributed by atoms with Crippen LogP contribution in [0.1, 0.15) is 58.3 Å². The molecular formula is C13H24F3N. The summed E-state index contributed by atoms with van der Waals surface area (Å²) < 4.78 is 35.7. The third kappa shape index (κ3) is 6.92. The van der Waals surface area contributed by atoms with E-state index in [4.69, 9.17) is 0 Å². The smallest absolute Gasteiger partial charge is 0.314 e. The summed E-state index contributed by atoms with van der Waals surface area (Å²) in [6.45, 7) is 2.95. The van der Waals surface area contributed by atoms with E-state index in [0.717, 1.165) is 12.5 Å². The zero-order valence-electron chi connectivity index (χ0n) is 10.7. The van der Waals surface area contributed by atoms with Gasteiger partial charge < -0.3 is 5.32 Å². The second-order valence-corrected chi connectivity index (χ2v) is 5.16. The van der Waals surface area contributed by atoms with Crippen molar-refractivity contribution < 1.29 is 13.2 Å². The molecule has 102 valence electrons. The van der Waals surface area contributed by atoms with Crippen molar-refractivity contribution in [2.24, 2.45) is 5.92 Å². The van der Waals surface area contributed by atoms with Crippen LogP contribution in [0.4, 0.5) is 13.2 Å². The van der Waals surface area contributed by atoms with E-state index in [9.17, 15) is 13.2 Å². The van der Waals surface area contributed by atoms with Crippen LogP contribution >= 0.6 is 0 Å². The molecule has 1 saturated carbocycles. The lowest BCUT2D eigenvalue weighted by Gasteiger charge is -2.29. The Morgan fingerprint density at radius 3 is 2.59 bits per heavy atom. The first-order chi connectivity index (χ1) is 8.01. The zero-order chi connectivity index (χ0) is 12.7. The molecule has 1 rings (SSSR count). The fraction of sp³-hybridized carbons (Fsp3) is 1.00. The first-order valence-electron chi connectivity index (χ1n) is 6.81. The predicted molar refractivity (Wildman–Crippen MR) is 63.9 cm³/mol. The van der Waals surface area contributed by atoms with E-state index in [1.807, 2.05) is 0 Å². The van der Waals surface area contributed by atoms with Crippen LogP contribution in [-0.4, -0.2) is 18.8 Å². The molecule has 1 fully saturated rings. The number of hydrogen-bond acceptors (Lipinski definition) is 1. The van der Waals surface area contributed by atoms with Crippen molar-refractivity contribution in [1.29, 1.82) is 0 Å². The normalized spacial score (nSPS) is 26.1. The van der Waals surface area contributed by atoms with Crippen molar-refractivity contribution in [3.05, 3.63) is 0 Å². The molecule has 0 aliphatic heterocycles. The van der Waals surface area contributed by atoms with Crippen LogP contribution in [-0.2, 0) is 0 Å². The van der Waals surface area contributed by atoms with Gasteiger partial charge in [-0.2, -0.15) is 13.2 Å². The first-order valence-corrected chi connectivity index (χ1v) is 6.81. The Morgan fingerprint density at radius 1 is 1.18 bits per heavy atom. The van der Waals surface area contributed by atoms with Gasteiger partial charge in [0, 0.05) is 12.5 Å². The van der Waals surface area contributed by atoms with Gasteiger partial charge >= 0.3 is 6.18 Å². The molecule has 4 heteroatoms. The van der Waals surface area contributed by atoms with Crippen molar-refractivity contribution in [1.82, 2.24) is 5.32 Å². The molecule has 0 radical (unpaired) electrons. The van der Waals surface area contributed by atoms with Crippen molar-refractivity contribution in [3.63, 3.8) is 0 Å². The number of nitrogens with one attached hydrogen (secondary N) is 1. The minimum atomic E-state index is -3.99. The van der Waals surface area contributed by atoms with Gasteiger partial charge in [-0.05, 0) is 38.1 Å². The molecule has 0 aromatic rings. The van der Waals surface area contributed by atoms with Crippen molar-refractivity contribution >= 4 is 0 Å². The quantitative estimate of drug-likeness (QED) is 0.695. The Morgan fingerprint density at radius 2 is 1.94 bits per heavy atom. The minimum absolute atomic E-state index is 0.250. The van der Waals surface area contributed by atoms with Gasteiger partial charge in [0.25, 0.3) is 0 Å². The molecule has 0 amide bonds. The molecule has 0 aromatic carbocycles. The van der Waals surface area contributed by atoms with Gasteiger partial charge in [-0.1, -0.05) is 26.2 Å². The largest absolute Gasteiger partial charge is 0.389 e. The molecular weight excluding hydrogens is 227 g/mol. The molecule has 0 spiro atoms. The van der Waals surface area contributed by atoms with Crippen molar-refractivity contribution in [3.8, 4) is 0 Å². The maximum atomic E-state index is 11.9. The highest BCUT2D eigenvalue weighted by Crippen LogP contribution is 2.26. The molecule has 0 heterocycles. The molecule has 0 aromatic heterocycles. The summed E-state index contributed by atoms with van der Waals surface area (Å²) in [7, 11) is 0. The molecule has 1 nitrogen and oxygen atoms in total. The van der Waals surface area contributed by atoms with Crippen LogP contribution in [0.25, 0.3) is 0 Å². The SMILES string of the molecule is CCC1CCCC(NCCCCC(F)(F)F)C1. The summed E-state index contributed by atoms with van der Waals surface area (Å²) >= 11 is 0. The van der Waals surface area contributed by atoms with Gasteiger partial charge in [-0.15, -0.1) is 0 Å². The van der Waals surface area contributed by atoms with E-state index in [1.165, 1.54) is 32.1 Å². The standard InChI is InChI=1S/C13H24F3N/c1-2-11-6-5-7-12(10-11)17-9-4-3-8-13(14,15)16/h11-12,17H,2-10H2,1H3. The highest BCUT2D eigenvalue weighted by Gasteiger charge is 2.26. The number of halogens is 3. The van der Waals surface area contributed by atoms with E-state index in [0.29, 0.717) is 12.5 Å². The fourth-order valence-corrected chi connectivity index (χ4v) is 2.60. The summed E-state index contributed by atoms with van der Waals surface area (Å²) in [5, 5.41) is 3.40. The summed E-state index contributed by atoms with van der Waals surface area (Å²) in [4.78, 5) is 0. The first kappa shape index (κ1) is 14.8. The molecule has 0 saturated heterocycles. The summed E-state index contributed by atoms with van der Waals surface area (Å²) in [5.41, 5.74) is 0. The molecule has 0 bridgehead atoms. The number of alkyl halides is 3. The molecule has 1 aliphatic rings. The van der Waals surface area contributed by atoms with Crippen LogP contribution in [0.5, 0.6) is 0 Å². The fourth-order valence-electron chi connectivity index (χ4n) is 2.60. The lowest BCUT2D eigenvalue weighted by atomic mass is 9.84. The zero-order valence-corrected chi connectivity index (χ0v) is 10.7. The third-order valence-corrected chi connectivity index (χ3v) is 3.68. The van der Waals surface area contributed by atoms with E-state index >= 15 is 0 Å². The maximum absolute atomic E-state index is 11.9. The van der Waals surface area contributed by atoms with E-state index in [-0.39, 0.29) is 6.42 Å². The molecule has 1 N–H and O–H groups in total. The Bertz CT molecular complexity index is 203. The minimum Gasteiger partial charge on any atom is -0.314 e. The second kappa shape index (κ2) is 7.24. The number of hydrogen-bond donors (Lipinski definition) is 1. The van der Waals surface area contributed by atoms with Crippen LogP contribution < -0.4 is 5.32 Å². The average molecular weight is 251 g/mol. The van der Waals surface area contributed by atoms with Gasteiger partial charge in [0.05, 0.1) is 0 Å². The molecule has 1 aliphatic carbocycles. The molecule has 17 heavy (non-hydrogen) atoms. The highest BCUT2D eigenvalue weighted by molar-refractivity contribution is 4.77. The predicted octanol–water partition coefficient (Wildman–Crippen LogP) is 4.28. The number of rotatable bonds is 6. The Hall–Kier alpha value is -0.250. The van der Waals surface area contributed by atoms with Crippen LogP contribution in [0.3, 0.4) is 0 Å². The summed E-state index contributed by atoms with van der Waals surface area (Å²) in [6, 6.07) is 0.541. The van der Waals surface area contributed by atoms with E-state index in [1.54, 1.807) is 0 Å². The van der Waals surface area contributed by atoms with E-state index in [2.05, 4.69) is 12.2 Å². The molecule has 2 unspecified atom stereocenters. The Kier molecular flexibility index (Phi) is 6.31. The van der Waals surface area contributed by atoms with Crippen molar-refractivity contribution in [2.45, 2.75) is 70.5 Å². The van der Waals surface area contributed by atoms with E-state index < -0.39 is 12.6 Å². The lowest BCUT2D eigenvalue weighted by Crippen LogP contribution is -2.34. The molecule has 2 atom stereocenters. The van der Waals surface area contributed by atoms with Crippen LogP contribution in [0.2, 0.25) is 0 Å². The van der Waals surface area contributed by atoms with Gasteiger partial charge in [0.15, 0.2) is 0 Å². The topological polar surface area (TPSA) is 12.0 Å². The Balaban J connectivity index is 2.02. The second-order valence-electron chi connectivity index (χ2n) is 5.16. The monoisotopic (exact) mass is 251 g/mol. The van der Waals surface area contributed by atoms with Crippen molar-refractivity contribution in [2.75, 3.05) is 6.54 Å². The number of unbranched alkanes of at least 4 members (excludes halogenated alkanes) is 1. The van der Waals surface area contributed by atoms with Gasteiger partial charge in [0.1, 0.15) is 0 Å². The third-order valence-electron chi connectivity index (χ3n) is 3.68. The maximum Gasteiger partial charge on any atom is 0.389 e. The van der Waals surface area contributed by atoms with Crippen LogP contribution in [0.15, 0.2) is 0 Å². The summed E-state index contributed by atoms with van der Waals surface area (Å²) in [6.07, 6.45) is 2.46. The van der Waals surface area contributed by atoms with Gasteiger partial charge in [0.2, 0.25) is 0 Å². The highest BCUT2D eigenvalue weighted by atomic mass is 19.4. The average Bonchev–Trinajstić information content (AvgIpc) is 2.27. The summed E-state index contributed by atoms with van der Waals surface area (Å²) in [5.74, 6) is 0.816. The van der Waals surface area contributed by atoms with Gasteiger partial charge in [-0.3, -0.25) is 0 Å². The Labute approximate surface area is 102 Å². The lowest BCUT2D eigenvalue weighted by molar-refractivity contribution is -0.135. The van der Waals surface area contributed by atoms with Gasteiger partial charge in [-0.25, -0.2) is 0 Å². The van der Waals surface area contributed by atoms with Crippen LogP contribution in [0, 0.1) is 5.92 Å².